The van der Waals surface area contributed by atoms with E-state index in [0.29, 0.717) is 30.1 Å². The molecule has 6 nitrogen and oxygen atoms in total. The van der Waals surface area contributed by atoms with Gasteiger partial charge in [0.1, 0.15) is 11.9 Å². The Bertz CT molecular complexity index is 668. The van der Waals surface area contributed by atoms with Crippen LogP contribution in [0.4, 0.5) is 10.3 Å². The second-order valence-corrected chi connectivity index (χ2v) is 5.37. The molecule has 1 aliphatic heterocycles. The number of imidazole rings is 1. The maximum atomic E-state index is 13.3. The number of aromatic amines is 1. The molecule has 1 amide bonds. The van der Waals surface area contributed by atoms with Crippen LogP contribution >= 0.6 is 0 Å². The Morgan fingerprint density at radius 1 is 1.48 bits per heavy atom. The number of hydrogen-bond acceptors (Lipinski definition) is 4. The van der Waals surface area contributed by atoms with E-state index in [0.717, 1.165) is 6.54 Å². The van der Waals surface area contributed by atoms with Gasteiger partial charge in [-0.05, 0) is 18.2 Å². The number of amides is 1. The third-order valence-corrected chi connectivity index (χ3v) is 3.67. The van der Waals surface area contributed by atoms with Crippen molar-refractivity contribution in [1.82, 2.24) is 20.2 Å². The van der Waals surface area contributed by atoms with Crippen LogP contribution in [0.15, 0.2) is 18.2 Å². The summed E-state index contributed by atoms with van der Waals surface area (Å²) in [6.45, 7) is 2.03. The number of likely N-dealkylation sites (N-methyl/N-ethyl adjacent to an activating group) is 1. The average molecular weight is 291 g/mol. The minimum Gasteiger partial charge on any atom is -0.347 e. The molecule has 0 aliphatic carbocycles. The molecule has 0 spiro atoms. The Labute approximate surface area is 121 Å². The van der Waals surface area contributed by atoms with Crippen LogP contribution in [-0.2, 0) is 4.79 Å². The first kappa shape index (κ1) is 13.8. The first-order chi connectivity index (χ1) is 10.1. The average Bonchev–Trinajstić information content (AvgIpc) is 2.89. The number of H-pyrrole nitrogens is 1. The molecule has 1 aromatic carbocycles. The Morgan fingerprint density at radius 3 is 3.05 bits per heavy atom. The number of benzene rings is 1. The number of nitrogens with one attached hydrogen (secondary N) is 2. The zero-order valence-corrected chi connectivity index (χ0v) is 12.1. The van der Waals surface area contributed by atoms with Crippen molar-refractivity contribution < 1.29 is 9.18 Å². The highest BCUT2D eigenvalue weighted by Gasteiger charge is 2.31. The molecule has 1 atom stereocenters. The van der Waals surface area contributed by atoms with Crippen LogP contribution in [0.3, 0.4) is 0 Å². The van der Waals surface area contributed by atoms with E-state index < -0.39 is 0 Å². The zero-order chi connectivity index (χ0) is 15.0. The van der Waals surface area contributed by atoms with Crippen LogP contribution in [0.1, 0.15) is 0 Å². The van der Waals surface area contributed by atoms with Gasteiger partial charge in [-0.1, -0.05) is 0 Å². The van der Waals surface area contributed by atoms with E-state index in [9.17, 15) is 9.18 Å². The summed E-state index contributed by atoms with van der Waals surface area (Å²) < 4.78 is 13.3. The number of aromatic nitrogens is 2. The van der Waals surface area contributed by atoms with E-state index in [1.54, 1.807) is 25.1 Å². The lowest BCUT2D eigenvalue weighted by molar-refractivity contribution is -0.130. The molecule has 1 fully saturated rings. The lowest BCUT2D eigenvalue weighted by Crippen LogP contribution is -2.58. The first-order valence-electron chi connectivity index (χ1n) is 6.90. The number of nitrogens with zero attached hydrogens (tertiary/aromatic N) is 3. The molecule has 112 valence electrons. The van der Waals surface area contributed by atoms with E-state index in [2.05, 4.69) is 15.3 Å². The van der Waals surface area contributed by atoms with Crippen molar-refractivity contribution in [3.05, 3.63) is 24.0 Å². The van der Waals surface area contributed by atoms with Crippen LogP contribution in [0, 0.1) is 5.82 Å². The second kappa shape index (κ2) is 5.33. The van der Waals surface area contributed by atoms with Crippen LogP contribution < -0.4 is 10.2 Å². The maximum absolute atomic E-state index is 13.3. The van der Waals surface area contributed by atoms with Crippen molar-refractivity contribution in [1.29, 1.82) is 0 Å². The fourth-order valence-electron chi connectivity index (χ4n) is 2.58. The highest BCUT2D eigenvalue weighted by molar-refractivity contribution is 5.86. The van der Waals surface area contributed by atoms with Gasteiger partial charge in [-0.3, -0.25) is 4.79 Å². The van der Waals surface area contributed by atoms with Gasteiger partial charge in [-0.15, -0.1) is 0 Å². The summed E-state index contributed by atoms with van der Waals surface area (Å²) >= 11 is 0. The highest BCUT2D eigenvalue weighted by Crippen LogP contribution is 2.21. The minimum atomic E-state index is -0.307. The summed E-state index contributed by atoms with van der Waals surface area (Å²) in [5.41, 5.74) is 1.33. The minimum absolute atomic E-state index is 0.0221. The molecule has 21 heavy (non-hydrogen) atoms. The Balaban J connectivity index is 1.96. The molecular formula is C14H18FN5O. The molecule has 2 heterocycles. The third kappa shape index (κ3) is 2.56. The molecule has 3 rings (SSSR count). The van der Waals surface area contributed by atoms with Gasteiger partial charge in [0, 0.05) is 33.7 Å². The molecule has 7 heteroatoms. The van der Waals surface area contributed by atoms with E-state index >= 15 is 0 Å². The fraction of sp³-hybridized carbons (Fsp3) is 0.429. The normalized spacial score (nSPS) is 19.0. The van der Waals surface area contributed by atoms with Crippen molar-refractivity contribution in [2.45, 2.75) is 6.04 Å². The van der Waals surface area contributed by atoms with E-state index in [-0.39, 0.29) is 17.8 Å². The highest BCUT2D eigenvalue weighted by atomic mass is 19.1. The fourth-order valence-corrected chi connectivity index (χ4v) is 2.58. The molecule has 2 aromatic rings. The van der Waals surface area contributed by atoms with Crippen LogP contribution in [0.2, 0.25) is 0 Å². The van der Waals surface area contributed by atoms with Gasteiger partial charge in [-0.2, -0.15) is 0 Å². The summed E-state index contributed by atoms with van der Waals surface area (Å²) in [7, 11) is 3.48. The van der Waals surface area contributed by atoms with Crippen molar-refractivity contribution in [3.63, 3.8) is 0 Å². The predicted molar refractivity (Wildman–Crippen MR) is 78.7 cm³/mol. The third-order valence-electron chi connectivity index (χ3n) is 3.67. The lowest BCUT2D eigenvalue weighted by Gasteiger charge is -2.36. The smallest absolute Gasteiger partial charge is 0.246 e. The molecule has 1 unspecified atom stereocenters. The van der Waals surface area contributed by atoms with Crippen LogP contribution in [0.25, 0.3) is 11.0 Å². The number of carbonyl (C=O) groups is 1. The van der Waals surface area contributed by atoms with E-state index in [1.807, 2.05) is 4.90 Å². The molecule has 1 aromatic heterocycles. The summed E-state index contributed by atoms with van der Waals surface area (Å²) in [5.74, 6) is 0.324. The number of rotatable bonds is 2. The van der Waals surface area contributed by atoms with Crippen molar-refractivity contribution in [3.8, 4) is 0 Å². The lowest BCUT2D eigenvalue weighted by atomic mass is 10.2. The van der Waals surface area contributed by atoms with Crippen LogP contribution in [0.5, 0.6) is 0 Å². The Morgan fingerprint density at radius 2 is 2.29 bits per heavy atom. The summed E-state index contributed by atoms with van der Waals surface area (Å²) in [5, 5.41) is 3.22. The van der Waals surface area contributed by atoms with E-state index in [1.165, 1.54) is 12.1 Å². The first-order valence-corrected chi connectivity index (χ1v) is 6.90. The molecule has 0 radical (unpaired) electrons. The molecule has 1 saturated heterocycles. The molecule has 2 N–H and O–H groups in total. The SMILES string of the molecule is CN(C)C(=O)C1CNCCN1c1nc2ccc(F)cc2[nH]1. The molecule has 1 aliphatic rings. The second-order valence-electron chi connectivity index (χ2n) is 5.37. The van der Waals surface area contributed by atoms with Gasteiger partial charge in [0.2, 0.25) is 11.9 Å². The summed E-state index contributed by atoms with van der Waals surface area (Å²) in [6.07, 6.45) is 0. The molecule has 0 bridgehead atoms. The number of hydrogen-bond donors (Lipinski definition) is 2. The summed E-state index contributed by atoms with van der Waals surface area (Å²) in [4.78, 5) is 23.4. The van der Waals surface area contributed by atoms with Gasteiger partial charge < -0.3 is 20.1 Å². The quantitative estimate of drug-likeness (QED) is 0.849. The van der Waals surface area contributed by atoms with Crippen molar-refractivity contribution >= 4 is 22.9 Å². The standard InChI is InChI=1S/C14H18FN5O/c1-19(2)13(21)12-8-16-5-6-20(12)14-17-10-4-3-9(15)7-11(10)18-14/h3-4,7,12,16H,5-6,8H2,1-2H3,(H,17,18). The summed E-state index contributed by atoms with van der Waals surface area (Å²) in [6, 6.07) is 4.12. The zero-order valence-electron chi connectivity index (χ0n) is 12.1. The monoisotopic (exact) mass is 291 g/mol. The van der Waals surface area contributed by atoms with E-state index in [4.69, 9.17) is 0 Å². The van der Waals surface area contributed by atoms with Gasteiger partial charge in [0.15, 0.2) is 0 Å². The predicted octanol–water partition coefficient (Wildman–Crippen LogP) is 0.568. The number of anilines is 1. The van der Waals surface area contributed by atoms with Crippen molar-refractivity contribution in [2.24, 2.45) is 0 Å². The van der Waals surface area contributed by atoms with Gasteiger partial charge in [0.25, 0.3) is 0 Å². The number of piperazine rings is 1. The Hall–Kier alpha value is -2.15. The van der Waals surface area contributed by atoms with Gasteiger partial charge >= 0.3 is 0 Å². The molecule has 0 saturated carbocycles. The largest absolute Gasteiger partial charge is 0.347 e. The topological polar surface area (TPSA) is 64.3 Å². The number of carbonyl (C=O) groups excluding carboxylic acids is 1. The number of fused-ring (bicyclic) bond motifs is 1. The molecular weight excluding hydrogens is 273 g/mol. The van der Waals surface area contributed by atoms with Crippen molar-refractivity contribution in [2.75, 3.05) is 38.6 Å². The maximum Gasteiger partial charge on any atom is 0.246 e. The van der Waals surface area contributed by atoms with Gasteiger partial charge in [0.05, 0.1) is 11.0 Å². The Kier molecular flexibility index (Phi) is 3.50. The van der Waals surface area contributed by atoms with Crippen LogP contribution in [-0.4, -0.2) is 60.5 Å². The number of halogens is 1. The van der Waals surface area contributed by atoms with Gasteiger partial charge in [-0.25, -0.2) is 9.37 Å².